The van der Waals surface area contributed by atoms with Crippen LogP contribution in [0, 0.1) is 0 Å². The van der Waals surface area contributed by atoms with Gasteiger partial charge >= 0.3 is 0 Å². The zero-order valence-corrected chi connectivity index (χ0v) is 15.6. The molecule has 0 radical (unpaired) electrons. The maximum absolute atomic E-state index is 12.3. The van der Waals surface area contributed by atoms with E-state index in [1.165, 1.54) is 10.6 Å². The number of rotatable bonds is 5. The summed E-state index contributed by atoms with van der Waals surface area (Å²) in [4.78, 5) is 12.3. The second-order valence-corrected chi connectivity index (χ2v) is 7.93. The highest BCUT2D eigenvalue weighted by Crippen LogP contribution is 2.25. The molecule has 1 amide bonds. The summed E-state index contributed by atoms with van der Waals surface area (Å²) in [5, 5.41) is 3.46. The zero-order chi connectivity index (χ0) is 18.1. The molecular formula is C15H17Cl2N3O3S. The zero-order valence-electron chi connectivity index (χ0n) is 13.3. The van der Waals surface area contributed by atoms with Crippen molar-refractivity contribution < 1.29 is 13.2 Å². The van der Waals surface area contributed by atoms with E-state index >= 15 is 0 Å². The summed E-state index contributed by atoms with van der Waals surface area (Å²) < 4.78 is 26.3. The molecule has 2 aromatic rings. The molecule has 6 nitrogen and oxygen atoms in total. The van der Waals surface area contributed by atoms with Gasteiger partial charge in [-0.05, 0) is 30.7 Å². The first-order chi connectivity index (χ1) is 11.1. The van der Waals surface area contributed by atoms with Crippen LogP contribution >= 0.6 is 23.2 Å². The number of hydrogen-bond acceptors (Lipinski definition) is 3. The molecule has 0 spiro atoms. The van der Waals surface area contributed by atoms with Crippen LogP contribution in [0.2, 0.25) is 10.2 Å². The molecule has 24 heavy (non-hydrogen) atoms. The molecule has 0 aliphatic rings. The monoisotopic (exact) mass is 389 g/mol. The van der Waals surface area contributed by atoms with Crippen LogP contribution in [0.3, 0.4) is 0 Å². The average molecular weight is 390 g/mol. The largest absolute Gasteiger partial charge is 0.344 e. The minimum atomic E-state index is -3.32. The van der Waals surface area contributed by atoms with Gasteiger partial charge in [-0.2, -0.15) is 0 Å². The van der Waals surface area contributed by atoms with E-state index in [-0.39, 0.29) is 11.9 Å². The molecule has 0 saturated carbocycles. The van der Waals surface area contributed by atoms with Gasteiger partial charge in [0.25, 0.3) is 5.91 Å². The molecule has 0 aliphatic carbocycles. The van der Waals surface area contributed by atoms with Gasteiger partial charge in [0.1, 0.15) is 10.8 Å². The van der Waals surface area contributed by atoms with Crippen LogP contribution in [0.4, 0.5) is 5.69 Å². The molecule has 9 heteroatoms. The Kier molecular flexibility index (Phi) is 5.47. The molecule has 0 aliphatic heterocycles. The standard InChI is InChI=1S/C15H17Cl2N3O3S/c1-9(10-4-6-11(7-5-10)19-24(3,22)23)18-15(21)13-8-12(16)14(17)20(13)2/h4-9,19H,1-3H3,(H,18,21)/t9-/m0/s1. The van der Waals surface area contributed by atoms with Crippen molar-refractivity contribution >= 4 is 44.8 Å². The molecule has 1 atom stereocenters. The molecule has 1 aromatic heterocycles. The Morgan fingerprint density at radius 2 is 1.79 bits per heavy atom. The van der Waals surface area contributed by atoms with Gasteiger partial charge in [0.05, 0.1) is 17.3 Å². The minimum absolute atomic E-state index is 0.280. The summed E-state index contributed by atoms with van der Waals surface area (Å²) in [6.45, 7) is 1.82. The highest BCUT2D eigenvalue weighted by atomic mass is 35.5. The van der Waals surface area contributed by atoms with Gasteiger partial charge < -0.3 is 9.88 Å². The van der Waals surface area contributed by atoms with Crippen LogP contribution in [-0.4, -0.2) is 25.1 Å². The molecular weight excluding hydrogens is 373 g/mol. The topological polar surface area (TPSA) is 80.2 Å². The molecule has 2 rings (SSSR count). The van der Waals surface area contributed by atoms with E-state index in [9.17, 15) is 13.2 Å². The van der Waals surface area contributed by atoms with Gasteiger partial charge in [-0.15, -0.1) is 0 Å². The SMILES string of the molecule is C[C@H](NC(=O)c1cc(Cl)c(Cl)n1C)c1ccc(NS(C)(=O)=O)cc1. The summed E-state index contributed by atoms with van der Waals surface area (Å²) in [6, 6.07) is 7.97. The second kappa shape index (κ2) is 7.04. The number of sulfonamides is 1. The van der Waals surface area contributed by atoms with E-state index in [2.05, 4.69) is 10.0 Å². The van der Waals surface area contributed by atoms with Crippen molar-refractivity contribution in [2.75, 3.05) is 11.0 Å². The Balaban J connectivity index is 2.10. The number of nitrogens with zero attached hydrogens (tertiary/aromatic N) is 1. The first kappa shape index (κ1) is 18.6. The van der Waals surface area contributed by atoms with Crippen LogP contribution in [-0.2, 0) is 17.1 Å². The molecule has 1 heterocycles. The lowest BCUT2D eigenvalue weighted by Crippen LogP contribution is -2.28. The summed E-state index contributed by atoms with van der Waals surface area (Å²) in [6.07, 6.45) is 1.08. The molecule has 1 aromatic carbocycles. The van der Waals surface area contributed by atoms with Gasteiger partial charge in [-0.25, -0.2) is 8.42 Å². The van der Waals surface area contributed by atoms with Crippen LogP contribution in [0.5, 0.6) is 0 Å². The number of halogens is 2. The van der Waals surface area contributed by atoms with Crippen molar-refractivity contribution in [3.8, 4) is 0 Å². The van der Waals surface area contributed by atoms with Gasteiger partial charge in [0, 0.05) is 12.7 Å². The van der Waals surface area contributed by atoms with Gasteiger partial charge in [0.15, 0.2) is 0 Å². The van der Waals surface area contributed by atoms with E-state index < -0.39 is 10.0 Å². The third kappa shape index (κ3) is 4.43. The van der Waals surface area contributed by atoms with Gasteiger partial charge in [0.2, 0.25) is 10.0 Å². The van der Waals surface area contributed by atoms with Crippen molar-refractivity contribution in [1.29, 1.82) is 0 Å². The lowest BCUT2D eigenvalue weighted by Gasteiger charge is -2.15. The summed E-state index contributed by atoms with van der Waals surface area (Å²) >= 11 is 11.9. The van der Waals surface area contributed by atoms with E-state index in [0.29, 0.717) is 21.6 Å². The molecule has 0 bridgehead atoms. The second-order valence-electron chi connectivity index (χ2n) is 5.42. The molecule has 0 fully saturated rings. The normalized spacial score (nSPS) is 12.7. The Morgan fingerprint density at radius 3 is 2.25 bits per heavy atom. The molecule has 130 valence electrons. The molecule has 2 N–H and O–H groups in total. The van der Waals surface area contributed by atoms with Crippen LogP contribution < -0.4 is 10.0 Å². The Hall–Kier alpha value is -1.70. The van der Waals surface area contributed by atoms with Crippen molar-refractivity contribution in [1.82, 2.24) is 9.88 Å². The predicted octanol–water partition coefficient (Wildman–Crippen LogP) is 3.19. The number of carbonyl (C=O) groups excluding carboxylic acids is 1. The minimum Gasteiger partial charge on any atom is -0.344 e. The van der Waals surface area contributed by atoms with Crippen LogP contribution in [0.15, 0.2) is 30.3 Å². The Labute approximate surface area is 150 Å². The number of aromatic nitrogens is 1. The highest BCUT2D eigenvalue weighted by molar-refractivity contribution is 7.92. The smallest absolute Gasteiger partial charge is 0.268 e. The number of hydrogen-bond donors (Lipinski definition) is 2. The third-order valence-corrected chi connectivity index (χ3v) is 4.86. The van der Waals surface area contributed by atoms with Crippen molar-refractivity contribution in [2.45, 2.75) is 13.0 Å². The van der Waals surface area contributed by atoms with E-state index in [0.717, 1.165) is 11.8 Å². The molecule has 0 unspecified atom stereocenters. The average Bonchev–Trinajstić information content (AvgIpc) is 2.74. The summed E-state index contributed by atoms with van der Waals surface area (Å²) in [5.41, 5.74) is 1.64. The first-order valence-corrected chi connectivity index (χ1v) is 9.62. The maximum Gasteiger partial charge on any atom is 0.268 e. The van der Waals surface area contributed by atoms with Crippen molar-refractivity contribution in [3.05, 3.63) is 51.8 Å². The fraction of sp³-hybridized carbons (Fsp3) is 0.267. The van der Waals surface area contributed by atoms with Gasteiger partial charge in [-0.1, -0.05) is 35.3 Å². The van der Waals surface area contributed by atoms with Crippen molar-refractivity contribution in [3.63, 3.8) is 0 Å². The fourth-order valence-corrected chi connectivity index (χ4v) is 3.11. The van der Waals surface area contributed by atoms with Gasteiger partial charge in [-0.3, -0.25) is 9.52 Å². The lowest BCUT2D eigenvalue weighted by molar-refractivity contribution is 0.0931. The first-order valence-electron chi connectivity index (χ1n) is 6.98. The third-order valence-electron chi connectivity index (χ3n) is 3.41. The lowest BCUT2D eigenvalue weighted by atomic mass is 10.1. The number of carbonyl (C=O) groups is 1. The number of nitrogens with one attached hydrogen (secondary N) is 2. The number of benzene rings is 1. The highest BCUT2D eigenvalue weighted by Gasteiger charge is 2.18. The van der Waals surface area contributed by atoms with E-state index in [1.807, 2.05) is 6.92 Å². The van der Waals surface area contributed by atoms with Crippen LogP contribution in [0.25, 0.3) is 0 Å². The number of anilines is 1. The van der Waals surface area contributed by atoms with E-state index in [1.54, 1.807) is 31.3 Å². The maximum atomic E-state index is 12.3. The van der Waals surface area contributed by atoms with Crippen molar-refractivity contribution in [2.24, 2.45) is 7.05 Å². The Morgan fingerprint density at radius 1 is 1.21 bits per heavy atom. The predicted molar refractivity (Wildman–Crippen MR) is 96.2 cm³/mol. The number of amides is 1. The molecule has 0 saturated heterocycles. The summed E-state index contributed by atoms with van der Waals surface area (Å²) in [5.74, 6) is -0.308. The fourth-order valence-electron chi connectivity index (χ4n) is 2.17. The Bertz CT molecular complexity index is 861. The summed E-state index contributed by atoms with van der Waals surface area (Å²) in [7, 11) is -1.67. The van der Waals surface area contributed by atoms with Crippen LogP contribution in [0.1, 0.15) is 29.0 Å². The quantitative estimate of drug-likeness (QED) is 0.823. The van der Waals surface area contributed by atoms with E-state index in [4.69, 9.17) is 23.2 Å².